The zero-order valence-electron chi connectivity index (χ0n) is 11.7. The quantitative estimate of drug-likeness (QED) is 0.479. The first-order chi connectivity index (χ1) is 11.0. The van der Waals surface area contributed by atoms with Gasteiger partial charge in [0.25, 0.3) is 5.91 Å². The molecular weight excluding hydrogens is 448 g/mol. The Balaban J connectivity index is 1.85. The summed E-state index contributed by atoms with van der Waals surface area (Å²) in [6.45, 7) is -0.192. The van der Waals surface area contributed by atoms with Crippen molar-refractivity contribution in [3.8, 4) is 11.5 Å². The molecular formula is C15H12Br2N2O3S. The normalized spacial score (nSPS) is 10.0. The molecule has 1 amide bonds. The van der Waals surface area contributed by atoms with Crippen LogP contribution in [0.25, 0.3) is 0 Å². The molecule has 23 heavy (non-hydrogen) atoms. The van der Waals surface area contributed by atoms with E-state index in [1.165, 1.54) is 6.07 Å². The number of halogens is 2. The fourth-order valence-corrected chi connectivity index (χ4v) is 3.02. The number of hydrogen-bond donors (Lipinski definition) is 3. The van der Waals surface area contributed by atoms with Gasteiger partial charge in [0.05, 0.1) is 10.2 Å². The average Bonchev–Trinajstić information content (AvgIpc) is 2.48. The maximum atomic E-state index is 11.8. The fourth-order valence-electron chi connectivity index (χ4n) is 1.63. The summed E-state index contributed by atoms with van der Waals surface area (Å²) in [6.07, 6.45) is 0. The first-order valence-electron chi connectivity index (χ1n) is 6.42. The number of nitrogens with one attached hydrogen (secondary N) is 2. The van der Waals surface area contributed by atoms with Gasteiger partial charge in [0.15, 0.2) is 11.7 Å². The molecule has 0 radical (unpaired) electrons. The Bertz CT molecular complexity index is 740. The van der Waals surface area contributed by atoms with E-state index in [1.807, 2.05) is 12.1 Å². The molecule has 0 aliphatic heterocycles. The second-order valence-corrected chi connectivity index (χ2v) is 6.56. The van der Waals surface area contributed by atoms with Crippen LogP contribution in [0.15, 0.2) is 51.4 Å². The van der Waals surface area contributed by atoms with Gasteiger partial charge in [-0.05, 0) is 58.5 Å². The highest BCUT2D eigenvalue weighted by atomic mass is 79.9. The third-order valence-corrected chi connectivity index (χ3v) is 3.97. The highest BCUT2D eigenvalue weighted by Crippen LogP contribution is 2.28. The second-order valence-electron chi connectivity index (χ2n) is 4.38. The van der Waals surface area contributed by atoms with Crippen molar-refractivity contribution in [2.75, 3.05) is 11.9 Å². The predicted octanol–water partition coefficient (Wildman–Crippen LogP) is 3.81. The van der Waals surface area contributed by atoms with Crippen LogP contribution in [0, 0.1) is 0 Å². The van der Waals surface area contributed by atoms with Crippen LogP contribution in [0.1, 0.15) is 0 Å². The highest BCUT2D eigenvalue weighted by molar-refractivity contribution is 9.11. The van der Waals surface area contributed by atoms with Crippen LogP contribution in [0.2, 0.25) is 0 Å². The third-order valence-electron chi connectivity index (χ3n) is 2.66. The highest BCUT2D eigenvalue weighted by Gasteiger charge is 2.09. The van der Waals surface area contributed by atoms with Gasteiger partial charge in [-0.1, -0.05) is 28.1 Å². The van der Waals surface area contributed by atoms with Crippen LogP contribution in [-0.4, -0.2) is 22.7 Å². The lowest BCUT2D eigenvalue weighted by atomic mass is 10.3. The maximum Gasteiger partial charge on any atom is 0.264 e. The minimum absolute atomic E-state index is 0.0409. The smallest absolute Gasteiger partial charge is 0.264 e. The minimum Gasteiger partial charge on any atom is -0.506 e. The van der Waals surface area contributed by atoms with Gasteiger partial charge in [0.2, 0.25) is 0 Å². The van der Waals surface area contributed by atoms with Crippen molar-refractivity contribution in [1.29, 1.82) is 0 Å². The van der Waals surface area contributed by atoms with Crippen molar-refractivity contribution in [1.82, 2.24) is 5.32 Å². The van der Waals surface area contributed by atoms with Gasteiger partial charge in [0, 0.05) is 4.47 Å². The molecule has 0 heterocycles. The lowest BCUT2D eigenvalue weighted by Crippen LogP contribution is -2.37. The number of benzene rings is 2. The molecule has 0 aliphatic rings. The molecule has 120 valence electrons. The summed E-state index contributed by atoms with van der Waals surface area (Å²) in [6, 6.07) is 11.9. The number of thiocarbonyl (C=S) groups is 1. The average molecular weight is 460 g/mol. The lowest BCUT2D eigenvalue weighted by molar-refractivity contribution is -0.121. The van der Waals surface area contributed by atoms with Crippen molar-refractivity contribution in [2.45, 2.75) is 0 Å². The Morgan fingerprint density at radius 1 is 1.22 bits per heavy atom. The van der Waals surface area contributed by atoms with Crippen molar-refractivity contribution in [3.05, 3.63) is 51.4 Å². The van der Waals surface area contributed by atoms with Crippen LogP contribution < -0.4 is 15.4 Å². The van der Waals surface area contributed by atoms with Crippen LogP contribution in [0.3, 0.4) is 0 Å². The van der Waals surface area contributed by atoms with E-state index in [0.717, 1.165) is 8.95 Å². The molecule has 0 atom stereocenters. The number of amides is 1. The van der Waals surface area contributed by atoms with E-state index in [2.05, 4.69) is 42.5 Å². The standard InChI is InChI=1S/C15H12Br2N2O3S/c16-9-5-6-13(10(17)7-9)22-8-14(21)19-15(23)18-11-3-1-2-4-12(11)20/h1-7,20H,8H2,(H2,18,19,21,23). The molecule has 2 rings (SSSR count). The molecule has 8 heteroatoms. The number of carbonyl (C=O) groups excluding carboxylic acids is 1. The SMILES string of the molecule is O=C(COc1ccc(Br)cc1Br)NC(=S)Nc1ccccc1O. The van der Waals surface area contributed by atoms with Gasteiger partial charge in [-0.3, -0.25) is 10.1 Å². The van der Waals surface area contributed by atoms with Crippen molar-refractivity contribution < 1.29 is 14.6 Å². The Morgan fingerprint density at radius 3 is 2.65 bits per heavy atom. The molecule has 0 aromatic heterocycles. The molecule has 0 saturated carbocycles. The van der Waals surface area contributed by atoms with E-state index in [0.29, 0.717) is 11.4 Å². The second kappa shape index (κ2) is 8.28. The molecule has 5 nitrogen and oxygen atoms in total. The molecule has 2 aromatic rings. The number of rotatable bonds is 4. The topological polar surface area (TPSA) is 70.6 Å². The Kier molecular flexibility index (Phi) is 6.37. The number of ether oxygens (including phenoxy) is 1. The van der Waals surface area contributed by atoms with Crippen molar-refractivity contribution in [3.63, 3.8) is 0 Å². The first kappa shape index (κ1) is 17.7. The van der Waals surface area contributed by atoms with Crippen LogP contribution in [0.5, 0.6) is 11.5 Å². The lowest BCUT2D eigenvalue weighted by Gasteiger charge is -2.12. The van der Waals surface area contributed by atoms with E-state index >= 15 is 0 Å². The Hall–Kier alpha value is -1.64. The fraction of sp³-hybridized carbons (Fsp3) is 0.0667. The predicted molar refractivity (Wildman–Crippen MR) is 99.8 cm³/mol. The maximum absolute atomic E-state index is 11.8. The van der Waals surface area contributed by atoms with Gasteiger partial charge in [0.1, 0.15) is 11.5 Å². The summed E-state index contributed by atoms with van der Waals surface area (Å²) >= 11 is 11.7. The summed E-state index contributed by atoms with van der Waals surface area (Å²) in [7, 11) is 0. The van der Waals surface area contributed by atoms with E-state index in [4.69, 9.17) is 17.0 Å². The number of carbonyl (C=O) groups is 1. The summed E-state index contributed by atoms with van der Waals surface area (Å²) in [5.74, 6) is 0.176. The summed E-state index contributed by atoms with van der Waals surface area (Å²) in [4.78, 5) is 11.8. The van der Waals surface area contributed by atoms with E-state index in [-0.39, 0.29) is 17.5 Å². The number of para-hydroxylation sites is 2. The monoisotopic (exact) mass is 458 g/mol. The van der Waals surface area contributed by atoms with Gasteiger partial charge in [-0.25, -0.2) is 0 Å². The van der Waals surface area contributed by atoms with Gasteiger partial charge < -0.3 is 15.2 Å². The molecule has 3 N–H and O–H groups in total. The Morgan fingerprint density at radius 2 is 1.96 bits per heavy atom. The third kappa shape index (κ3) is 5.49. The van der Waals surface area contributed by atoms with Gasteiger partial charge >= 0.3 is 0 Å². The van der Waals surface area contributed by atoms with Gasteiger partial charge in [-0.15, -0.1) is 0 Å². The summed E-state index contributed by atoms with van der Waals surface area (Å²) in [5, 5.41) is 14.9. The molecule has 0 spiro atoms. The number of aromatic hydroxyl groups is 1. The molecule has 0 aliphatic carbocycles. The number of anilines is 1. The molecule has 2 aromatic carbocycles. The van der Waals surface area contributed by atoms with Crippen LogP contribution in [-0.2, 0) is 4.79 Å². The molecule has 0 fully saturated rings. The number of phenols is 1. The summed E-state index contributed by atoms with van der Waals surface area (Å²) in [5.41, 5.74) is 0.411. The first-order valence-corrected chi connectivity index (χ1v) is 8.42. The molecule has 0 unspecified atom stereocenters. The number of phenolic OH excluding ortho intramolecular Hbond substituents is 1. The number of hydrogen-bond acceptors (Lipinski definition) is 4. The summed E-state index contributed by atoms with van der Waals surface area (Å²) < 4.78 is 7.04. The van der Waals surface area contributed by atoms with Crippen molar-refractivity contribution >= 4 is 60.8 Å². The Labute approximate surface area is 155 Å². The zero-order chi connectivity index (χ0) is 16.8. The van der Waals surface area contributed by atoms with E-state index in [1.54, 1.807) is 24.3 Å². The minimum atomic E-state index is -0.410. The van der Waals surface area contributed by atoms with E-state index < -0.39 is 5.91 Å². The zero-order valence-corrected chi connectivity index (χ0v) is 15.7. The van der Waals surface area contributed by atoms with Gasteiger partial charge in [-0.2, -0.15) is 0 Å². The van der Waals surface area contributed by atoms with Crippen LogP contribution in [0.4, 0.5) is 5.69 Å². The molecule has 0 bridgehead atoms. The largest absolute Gasteiger partial charge is 0.506 e. The van der Waals surface area contributed by atoms with Crippen molar-refractivity contribution in [2.24, 2.45) is 0 Å². The van der Waals surface area contributed by atoms with E-state index in [9.17, 15) is 9.90 Å². The molecule has 0 saturated heterocycles. The van der Waals surface area contributed by atoms with Crippen LogP contribution >= 0.6 is 44.1 Å².